The van der Waals surface area contributed by atoms with Gasteiger partial charge in [-0.15, -0.1) is 0 Å². The third-order valence-corrected chi connectivity index (χ3v) is 4.52. The molecule has 1 aliphatic heterocycles. The molecule has 1 aromatic carbocycles. The molecule has 1 aromatic heterocycles. The van der Waals surface area contributed by atoms with Crippen LogP contribution in [0.5, 0.6) is 0 Å². The van der Waals surface area contributed by atoms with Gasteiger partial charge in [-0.05, 0) is 37.8 Å². The number of amides is 2. The van der Waals surface area contributed by atoms with Gasteiger partial charge in [0.2, 0.25) is 5.91 Å². The van der Waals surface area contributed by atoms with Crippen LogP contribution in [0.15, 0.2) is 42.6 Å². The molecule has 1 fully saturated rings. The predicted octanol–water partition coefficient (Wildman–Crippen LogP) is 2.81. The molecule has 24 heavy (non-hydrogen) atoms. The first-order chi connectivity index (χ1) is 11.7. The van der Waals surface area contributed by atoms with Crippen LogP contribution in [0.4, 0.5) is 0 Å². The lowest BCUT2D eigenvalue weighted by atomic mass is 10.0. The highest BCUT2D eigenvalue weighted by Crippen LogP contribution is 2.20. The van der Waals surface area contributed by atoms with Crippen molar-refractivity contribution in [2.45, 2.75) is 32.2 Å². The van der Waals surface area contributed by atoms with Crippen LogP contribution in [0.25, 0.3) is 0 Å². The normalized spacial score (nSPS) is 15.8. The van der Waals surface area contributed by atoms with Crippen molar-refractivity contribution in [3.05, 3.63) is 59.4 Å². The Kier molecular flexibility index (Phi) is 4.99. The van der Waals surface area contributed by atoms with E-state index in [1.165, 1.54) is 0 Å². The molecular formula is C19H23N3O2. The highest BCUT2D eigenvalue weighted by atomic mass is 16.2. The molecule has 5 nitrogen and oxygen atoms in total. The lowest BCUT2D eigenvalue weighted by molar-refractivity contribution is -0.134. The zero-order chi connectivity index (χ0) is 16.9. The molecule has 0 bridgehead atoms. The van der Waals surface area contributed by atoms with Gasteiger partial charge >= 0.3 is 0 Å². The fourth-order valence-corrected chi connectivity index (χ4v) is 3.14. The first-order valence-electron chi connectivity index (χ1n) is 8.45. The molecule has 1 saturated heterocycles. The summed E-state index contributed by atoms with van der Waals surface area (Å²) in [6.45, 7) is 3.38. The summed E-state index contributed by atoms with van der Waals surface area (Å²) < 4.78 is 0. The number of carbonyl (C=O) groups excluding carboxylic acids is 2. The highest BCUT2D eigenvalue weighted by Gasteiger charge is 2.29. The Bertz CT molecular complexity index is 702. The molecule has 1 atom stereocenters. The Labute approximate surface area is 142 Å². The Morgan fingerprint density at radius 3 is 2.42 bits per heavy atom. The number of H-pyrrole nitrogens is 1. The average Bonchev–Trinajstić information content (AvgIpc) is 3.06. The fourth-order valence-electron chi connectivity index (χ4n) is 3.14. The van der Waals surface area contributed by atoms with E-state index < -0.39 is 6.04 Å². The maximum Gasteiger partial charge on any atom is 0.253 e. The van der Waals surface area contributed by atoms with E-state index in [0.717, 1.165) is 43.6 Å². The van der Waals surface area contributed by atoms with Crippen molar-refractivity contribution < 1.29 is 9.59 Å². The summed E-state index contributed by atoms with van der Waals surface area (Å²) in [5.74, 6) is -0.254. The zero-order valence-corrected chi connectivity index (χ0v) is 13.9. The van der Waals surface area contributed by atoms with Gasteiger partial charge in [-0.3, -0.25) is 9.59 Å². The lowest BCUT2D eigenvalue weighted by Crippen LogP contribution is -2.45. The lowest BCUT2D eigenvalue weighted by Gasteiger charge is -2.31. The molecule has 0 unspecified atom stereocenters. The van der Waals surface area contributed by atoms with E-state index in [2.05, 4.69) is 10.3 Å². The van der Waals surface area contributed by atoms with E-state index >= 15 is 0 Å². The second-order valence-corrected chi connectivity index (χ2v) is 6.22. The Morgan fingerprint density at radius 1 is 1.08 bits per heavy atom. The molecule has 2 N–H and O–H groups in total. The minimum absolute atomic E-state index is 0.0255. The van der Waals surface area contributed by atoms with Gasteiger partial charge in [-0.2, -0.15) is 0 Å². The van der Waals surface area contributed by atoms with Gasteiger partial charge in [-0.25, -0.2) is 0 Å². The van der Waals surface area contributed by atoms with Gasteiger partial charge in [0, 0.05) is 25.0 Å². The number of aryl methyl sites for hydroxylation is 1. The molecular weight excluding hydrogens is 302 g/mol. The van der Waals surface area contributed by atoms with Crippen molar-refractivity contribution in [3.8, 4) is 0 Å². The number of likely N-dealkylation sites (tertiary alicyclic amines) is 1. The number of rotatable bonds is 4. The number of aromatic nitrogens is 1. The number of carbonyl (C=O) groups is 2. The standard InChI is InChI=1S/C19H23N3O2/c1-14-16(10-11-20-14)18(23)21-17(15-8-4-2-5-9-15)19(24)22-12-6-3-7-13-22/h2,4-5,8-11,17,20H,3,6-7,12-13H2,1H3,(H,21,23)/t17-/m1/s1. The summed E-state index contributed by atoms with van der Waals surface area (Å²) in [4.78, 5) is 30.5. The third-order valence-electron chi connectivity index (χ3n) is 4.52. The first-order valence-corrected chi connectivity index (χ1v) is 8.45. The fraction of sp³-hybridized carbons (Fsp3) is 0.368. The number of hydrogen-bond donors (Lipinski definition) is 2. The van der Waals surface area contributed by atoms with E-state index in [1.807, 2.05) is 42.2 Å². The van der Waals surface area contributed by atoms with Gasteiger partial charge in [0.15, 0.2) is 0 Å². The summed E-state index contributed by atoms with van der Waals surface area (Å²) in [6, 6.07) is 10.5. The molecule has 0 aliphatic carbocycles. The number of aromatic amines is 1. The van der Waals surface area contributed by atoms with E-state index in [9.17, 15) is 9.59 Å². The Balaban J connectivity index is 1.83. The van der Waals surface area contributed by atoms with Crippen molar-refractivity contribution in [1.29, 1.82) is 0 Å². The van der Waals surface area contributed by atoms with Gasteiger partial charge in [0.25, 0.3) is 5.91 Å². The minimum atomic E-state index is -0.647. The largest absolute Gasteiger partial charge is 0.365 e. The van der Waals surface area contributed by atoms with Crippen LogP contribution in [-0.4, -0.2) is 34.8 Å². The molecule has 0 spiro atoms. The summed E-state index contributed by atoms with van der Waals surface area (Å²) in [6.07, 6.45) is 4.94. The molecule has 0 saturated carbocycles. The molecule has 2 heterocycles. The first kappa shape index (κ1) is 16.3. The van der Waals surface area contributed by atoms with Crippen LogP contribution >= 0.6 is 0 Å². The second-order valence-electron chi connectivity index (χ2n) is 6.22. The van der Waals surface area contributed by atoms with E-state index in [-0.39, 0.29) is 11.8 Å². The Morgan fingerprint density at radius 2 is 1.79 bits per heavy atom. The van der Waals surface area contributed by atoms with Gasteiger partial charge in [0.05, 0.1) is 5.56 Å². The van der Waals surface area contributed by atoms with Crippen LogP contribution in [0.3, 0.4) is 0 Å². The molecule has 126 valence electrons. The van der Waals surface area contributed by atoms with Gasteiger partial charge in [0.1, 0.15) is 6.04 Å². The van der Waals surface area contributed by atoms with Crippen LogP contribution in [0.1, 0.15) is 46.9 Å². The summed E-state index contributed by atoms with van der Waals surface area (Å²) in [5, 5.41) is 2.92. The number of benzene rings is 1. The van der Waals surface area contributed by atoms with Crippen molar-refractivity contribution in [3.63, 3.8) is 0 Å². The number of hydrogen-bond acceptors (Lipinski definition) is 2. The quantitative estimate of drug-likeness (QED) is 0.908. The number of nitrogens with one attached hydrogen (secondary N) is 2. The number of nitrogens with zero attached hydrogens (tertiary/aromatic N) is 1. The average molecular weight is 325 g/mol. The second kappa shape index (κ2) is 7.34. The SMILES string of the molecule is Cc1[nH]ccc1C(=O)N[C@@H](C(=O)N1CCCCC1)c1ccccc1. The number of piperidine rings is 1. The predicted molar refractivity (Wildman–Crippen MR) is 92.6 cm³/mol. The minimum Gasteiger partial charge on any atom is -0.365 e. The highest BCUT2D eigenvalue weighted by molar-refractivity contribution is 5.98. The monoisotopic (exact) mass is 325 g/mol. The van der Waals surface area contributed by atoms with Crippen LogP contribution < -0.4 is 5.32 Å². The van der Waals surface area contributed by atoms with Crippen molar-refractivity contribution >= 4 is 11.8 Å². The van der Waals surface area contributed by atoms with Gasteiger partial charge < -0.3 is 15.2 Å². The Hall–Kier alpha value is -2.56. The van der Waals surface area contributed by atoms with E-state index in [0.29, 0.717) is 5.56 Å². The topological polar surface area (TPSA) is 65.2 Å². The molecule has 0 radical (unpaired) electrons. The summed E-state index contributed by atoms with van der Waals surface area (Å²) >= 11 is 0. The molecule has 5 heteroatoms. The van der Waals surface area contributed by atoms with Crippen molar-refractivity contribution in [2.24, 2.45) is 0 Å². The summed E-state index contributed by atoms with van der Waals surface area (Å²) in [7, 11) is 0. The molecule has 2 aromatic rings. The van der Waals surface area contributed by atoms with Crippen LogP contribution in [0, 0.1) is 6.92 Å². The van der Waals surface area contributed by atoms with Gasteiger partial charge in [-0.1, -0.05) is 30.3 Å². The smallest absolute Gasteiger partial charge is 0.253 e. The van der Waals surface area contributed by atoms with E-state index in [1.54, 1.807) is 12.3 Å². The van der Waals surface area contributed by atoms with Crippen molar-refractivity contribution in [1.82, 2.24) is 15.2 Å². The van der Waals surface area contributed by atoms with E-state index in [4.69, 9.17) is 0 Å². The maximum atomic E-state index is 13.0. The maximum absolute atomic E-state index is 13.0. The van der Waals surface area contributed by atoms with Crippen LogP contribution in [0.2, 0.25) is 0 Å². The molecule has 1 aliphatic rings. The molecule has 3 rings (SSSR count). The third kappa shape index (κ3) is 3.50. The van der Waals surface area contributed by atoms with Crippen LogP contribution in [-0.2, 0) is 4.79 Å². The molecule has 2 amide bonds. The van der Waals surface area contributed by atoms with Crippen molar-refractivity contribution in [2.75, 3.05) is 13.1 Å². The zero-order valence-electron chi connectivity index (χ0n) is 13.9. The summed E-state index contributed by atoms with van der Waals surface area (Å²) in [5.41, 5.74) is 2.18.